The molecule has 7 heteroatoms. The average Bonchev–Trinajstić information content (AvgIpc) is 3.08. The van der Waals surface area contributed by atoms with Gasteiger partial charge in [-0.05, 0) is 31.2 Å². The van der Waals surface area contributed by atoms with Gasteiger partial charge in [0.1, 0.15) is 5.01 Å². The van der Waals surface area contributed by atoms with E-state index in [0.29, 0.717) is 18.0 Å². The normalized spacial score (nSPS) is 10.4. The molecule has 1 aromatic carbocycles. The minimum absolute atomic E-state index is 0.0543. The number of hydrogen-bond donors (Lipinski definition) is 1. The monoisotopic (exact) mass is 383 g/mol. The molecule has 0 radical (unpaired) electrons. The van der Waals surface area contributed by atoms with Crippen molar-refractivity contribution in [3.63, 3.8) is 0 Å². The number of aryl methyl sites for hydroxylation is 1. The number of pyridine rings is 1. The average molecular weight is 383 g/mol. The van der Waals surface area contributed by atoms with Crippen LogP contribution in [0.1, 0.15) is 10.6 Å². The maximum atomic E-state index is 12.0. The van der Waals surface area contributed by atoms with Gasteiger partial charge in [0, 0.05) is 24.0 Å². The van der Waals surface area contributed by atoms with Crippen LogP contribution in [0.5, 0.6) is 11.5 Å². The van der Waals surface area contributed by atoms with E-state index in [1.165, 1.54) is 0 Å². The summed E-state index contributed by atoms with van der Waals surface area (Å²) in [5.74, 6) is 0.981. The number of rotatable bonds is 8. The second kappa shape index (κ2) is 9.14. The molecule has 1 amide bonds. The molecule has 0 fully saturated rings. The number of carbonyl (C=O) groups is 1. The number of ether oxygens (including phenoxy) is 2. The van der Waals surface area contributed by atoms with E-state index >= 15 is 0 Å². The van der Waals surface area contributed by atoms with Gasteiger partial charge in [-0.15, -0.1) is 11.3 Å². The molecule has 1 N–H and O–H groups in total. The van der Waals surface area contributed by atoms with Gasteiger partial charge >= 0.3 is 0 Å². The number of para-hydroxylation sites is 2. The standard InChI is InChI=1S/C20H21N3O3S/c1-14-18(27-20(23-14)15-7-5-6-11-21-15)10-12-22-19(24)13-26-17-9-4-3-8-16(17)25-2/h3-9,11H,10,12-13H2,1-2H3,(H,22,24). The summed E-state index contributed by atoms with van der Waals surface area (Å²) in [6, 6.07) is 13.0. The third kappa shape index (κ3) is 5.04. The van der Waals surface area contributed by atoms with Crippen LogP contribution in [-0.2, 0) is 11.2 Å². The van der Waals surface area contributed by atoms with Gasteiger partial charge in [-0.3, -0.25) is 9.78 Å². The number of aromatic nitrogens is 2. The Morgan fingerprint density at radius 2 is 1.93 bits per heavy atom. The van der Waals surface area contributed by atoms with E-state index < -0.39 is 0 Å². The molecule has 2 aromatic heterocycles. The van der Waals surface area contributed by atoms with E-state index in [9.17, 15) is 4.79 Å². The summed E-state index contributed by atoms with van der Waals surface area (Å²) in [5.41, 5.74) is 1.84. The highest BCUT2D eigenvalue weighted by Crippen LogP contribution is 2.27. The van der Waals surface area contributed by atoms with Crippen molar-refractivity contribution in [2.45, 2.75) is 13.3 Å². The number of amides is 1. The molecule has 0 unspecified atom stereocenters. The molecule has 0 aliphatic heterocycles. The summed E-state index contributed by atoms with van der Waals surface area (Å²) in [6.07, 6.45) is 2.48. The Bertz CT molecular complexity index is 896. The predicted octanol–water partition coefficient (Wildman–Crippen LogP) is 3.26. The largest absolute Gasteiger partial charge is 0.493 e. The quantitative estimate of drug-likeness (QED) is 0.646. The zero-order chi connectivity index (χ0) is 19.1. The first-order valence-electron chi connectivity index (χ1n) is 8.57. The second-order valence-corrected chi connectivity index (χ2v) is 6.87. The van der Waals surface area contributed by atoms with Gasteiger partial charge in [0.05, 0.1) is 18.5 Å². The van der Waals surface area contributed by atoms with Crippen molar-refractivity contribution in [2.24, 2.45) is 0 Å². The maximum Gasteiger partial charge on any atom is 0.257 e. The molecule has 3 rings (SSSR count). The summed E-state index contributed by atoms with van der Waals surface area (Å²) in [7, 11) is 1.57. The fraction of sp³-hybridized carbons (Fsp3) is 0.250. The van der Waals surface area contributed by atoms with Crippen LogP contribution in [0.3, 0.4) is 0 Å². The number of benzene rings is 1. The highest BCUT2D eigenvalue weighted by Gasteiger charge is 2.11. The lowest BCUT2D eigenvalue weighted by atomic mass is 10.3. The second-order valence-electron chi connectivity index (χ2n) is 5.78. The number of hydrogen-bond acceptors (Lipinski definition) is 6. The van der Waals surface area contributed by atoms with E-state index in [0.717, 1.165) is 27.7 Å². The van der Waals surface area contributed by atoms with Crippen LogP contribution >= 0.6 is 11.3 Å². The van der Waals surface area contributed by atoms with Crippen molar-refractivity contribution in [1.82, 2.24) is 15.3 Å². The zero-order valence-corrected chi connectivity index (χ0v) is 16.1. The minimum Gasteiger partial charge on any atom is -0.493 e. The van der Waals surface area contributed by atoms with Gasteiger partial charge in [-0.25, -0.2) is 4.98 Å². The molecular weight excluding hydrogens is 362 g/mol. The van der Waals surface area contributed by atoms with Crippen LogP contribution in [-0.4, -0.2) is 36.1 Å². The van der Waals surface area contributed by atoms with Crippen LogP contribution in [0.25, 0.3) is 10.7 Å². The topological polar surface area (TPSA) is 73.3 Å². The fourth-order valence-electron chi connectivity index (χ4n) is 2.51. The fourth-order valence-corrected chi connectivity index (χ4v) is 3.55. The third-order valence-corrected chi connectivity index (χ3v) is 5.12. The molecule has 0 bridgehead atoms. The Kier molecular flexibility index (Phi) is 6.38. The molecule has 140 valence electrons. The van der Waals surface area contributed by atoms with Gasteiger partial charge in [0.2, 0.25) is 0 Å². The molecule has 0 saturated carbocycles. The van der Waals surface area contributed by atoms with Crippen LogP contribution < -0.4 is 14.8 Å². The van der Waals surface area contributed by atoms with Crippen molar-refractivity contribution in [2.75, 3.05) is 20.3 Å². The molecule has 3 aromatic rings. The van der Waals surface area contributed by atoms with Gasteiger partial charge < -0.3 is 14.8 Å². The molecule has 0 aliphatic carbocycles. The third-order valence-electron chi connectivity index (χ3n) is 3.88. The van der Waals surface area contributed by atoms with Crippen LogP contribution in [0, 0.1) is 6.92 Å². The first kappa shape index (κ1) is 18.8. The Morgan fingerprint density at radius 1 is 1.15 bits per heavy atom. The van der Waals surface area contributed by atoms with Crippen molar-refractivity contribution in [3.05, 3.63) is 59.2 Å². The smallest absolute Gasteiger partial charge is 0.257 e. The Hall–Kier alpha value is -2.93. The first-order chi connectivity index (χ1) is 13.2. The summed E-state index contributed by atoms with van der Waals surface area (Å²) >= 11 is 1.61. The van der Waals surface area contributed by atoms with E-state index in [-0.39, 0.29) is 12.5 Å². The Labute approximate surface area is 162 Å². The van der Waals surface area contributed by atoms with E-state index in [1.807, 2.05) is 37.3 Å². The Morgan fingerprint density at radius 3 is 2.67 bits per heavy atom. The van der Waals surface area contributed by atoms with Crippen LogP contribution in [0.2, 0.25) is 0 Å². The Balaban J connectivity index is 1.48. The van der Waals surface area contributed by atoms with Gasteiger partial charge in [0.15, 0.2) is 18.1 Å². The summed E-state index contributed by atoms with van der Waals surface area (Å²) in [6.45, 7) is 2.45. The molecular formula is C20H21N3O3S. The highest BCUT2D eigenvalue weighted by molar-refractivity contribution is 7.15. The first-order valence-corrected chi connectivity index (χ1v) is 9.39. The van der Waals surface area contributed by atoms with Crippen molar-refractivity contribution in [3.8, 4) is 22.2 Å². The SMILES string of the molecule is COc1ccccc1OCC(=O)NCCc1sc(-c2ccccn2)nc1C. The summed E-state index contributed by atoms with van der Waals surface area (Å²) in [4.78, 5) is 22.1. The number of nitrogens with zero attached hydrogens (tertiary/aromatic N) is 2. The molecule has 0 spiro atoms. The predicted molar refractivity (Wildman–Crippen MR) is 105 cm³/mol. The summed E-state index contributed by atoms with van der Waals surface area (Å²) < 4.78 is 10.7. The van der Waals surface area contributed by atoms with Crippen molar-refractivity contribution >= 4 is 17.2 Å². The van der Waals surface area contributed by atoms with Crippen molar-refractivity contribution < 1.29 is 14.3 Å². The lowest BCUT2D eigenvalue weighted by Crippen LogP contribution is -2.30. The molecule has 27 heavy (non-hydrogen) atoms. The summed E-state index contributed by atoms with van der Waals surface area (Å²) in [5, 5.41) is 3.77. The molecule has 6 nitrogen and oxygen atoms in total. The molecule has 2 heterocycles. The number of thiazole rings is 1. The van der Waals surface area contributed by atoms with Crippen LogP contribution in [0.15, 0.2) is 48.7 Å². The number of carbonyl (C=O) groups excluding carboxylic acids is 1. The van der Waals surface area contributed by atoms with Gasteiger partial charge in [-0.2, -0.15) is 0 Å². The number of nitrogens with one attached hydrogen (secondary N) is 1. The molecule has 0 aliphatic rings. The minimum atomic E-state index is -0.173. The van der Waals surface area contributed by atoms with E-state index in [1.54, 1.807) is 36.8 Å². The lowest BCUT2D eigenvalue weighted by Gasteiger charge is -2.10. The lowest BCUT2D eigenvalue weighted by molar-refractivity contribution is -0.123. The van der Waals surface area contributed by atoms with Crippen LogP contribution in [0.4, 0.5) is 0 Å². The van der Waals surface area contributed by atoms with Gasteiger partial charge in [-0.1, -0.05) is 18.2 Å². The molecule has 0 atom stereocenters. The molecule has 0 saturated heterocycles. The zero-order valence-electron chi connectivity index (χ0n) is 15.3. The number of methoxy groups -OCH3 is 1. The van der Waals surface area contributed by atoms with Crippen molar-refractivity contribution in [1.29, 1.82) is 0 Å². The highest BCUT2D eigenvalue weighted by atomic mass is 32.1. The van der Waals surface area contributed by atoms with E-state index in [2.05, 4.69) is 15.3 Å². The van der Waals surface area contributed by atoms with E-state index in [4.69, 9.17) is 9.47 Å². The maximum absolute atomic E-state index is 12.0. The van der Waals surface area contributed by atoms with Gasteiger partial charge in [0.25, 0.3) is 5.91 Å².